The Morgan fingerprint density at radius 3 is 1.89 bits per heavy atom. The minimum absolute atomic E-state index is 0.157. The molecule has 0 bridgehead atoms. The molecule has 1 N–H and O–H groups in total. The van der Waals surface area contributed by atoms with Gasteiger partial charge in [0.15, 0.2) is 0 Å². The Hall–Kier alpha value is -1.30. The van der Waals surface area contributed by atoms with Crippen molar-refractivity contribution in [3.05, 3.63) is 0 Å². The zero-order valence-corrected chi connectivity index (χ0v) is 18.6. The Labute approximate surface area is 172 Å². The van der Waals surface area contributed by atoms with Crippen LogP contribution in [0, 0.1) is 5.92 Å². The van der Waals surface area contributed by atoms with Crippen LogP contribution >= 0.6 is 0 Å². The minimum Gasteiger partial charge on any atom is -0.464 e. The van der Waals surface area contributed by atoms with Crippen LogP contribution in [0.4, 0.5) is 4.79 Å². The number of amides is 1. The average Bonchev–Trinajstić information content (AvgIpc) is 2.65. The van der Waals surface area contributed by atoms with E-state index in [1.54, 1.807) is 0 Å². The first kappa shape index (κ1) is 26.7. The molecule has 1 unspecified atom stereocenters. The largest absolute Gasteiger partial charge is 0.464 e. The summed E-state index contributed by atoms with van der Waals surface area (Å²) >= 11 is 0. The van der Waals surface area contributed by atoms with Crippen molar-refractivity contribution in [2.24, 2.45) is 5.92 Å². The highest BCUT2D eigenvalue weighted by Gasteiger charge is 2.23. The molecule has 0 aromatic carbocycles. The van der Waals surface area contributed by atoms with Crippen LogP contribution in [0.1, 0.15) is 91.4 Å². The predicted molar refractivity (Wildman–Crippen MR) is 112 cm³/mol. The normalized spacial score (nSPS) is 12.0. The summed E-state index contributed by atoms with van der Waals surface area (Å²) in [4.78, 5) is 24.1. The maximum Gasteiger partial charge on any atom is 0.407 e. The second-order valence-electron chi connectivity index (χ2n) is 7.80. The van der Waals surface area contributed by atoms with Crippen molar-refractivity contribution >= 4 is 12.1 Å². The molecule has 0 saturated carbocycles. The molecule has 6 nitrogen and oxygen atoms in total. The number of hydrogen-bond acceptors (Lipinski definition) is 5. The van der Waals surface area contributed by atoms with E-state index in [4.69, 9.17) is 14.2 Å². The number of esters is 1. The number of ether oxygens (including phenoxy) is 3. The summed E-state index contributed by atoms with van der Waals surface area (Å²) in [6.45, 7) is 7.13. The summed E-state index contributed by atoms with van der Waals surface area (Å²) in [5.74, 6) is -0.123. The van der Waals surface area contributed by atoms with Crippen LogP contribution in [0.2, 0.25) is 0 Å². The third kappa shape index (κ3) is 16.8. The first-order valence-electron chi connectivity index (χ1n) is 11.1. The van der Waals surface area contributed by atoms with Gasteiger partial charge < -0.3 is 19.5 Å². The molecular weight excluding hydrogens is 358 g/mol. The van der Waals surface area contributed by atoms with Gasteiger partial charge in [-0.1, -0.05) is 78.6 Å². The number of carbonyl (C=O) groups is 2. The lowest BCUT2D eigenvalue weighted by Crippen LogP contribution is -2.43. The van der Waals surface area contributed by atoms with Gasteiger partial charge in [0, 0.05) is 7.11 Å². The van der Waals surface area contributed by atoms with E-state index < -0.39 is 12.1 Å². The van der Waals surface area contributed by atoms with Crippen LogP contribution in [0.3, 0.4) is 0 Å². The van der Waals surface area contributed by atoms with Crippen molar-refractivity contribution in [3.63, 3.8) is 0 Å². The van der Waals surface area contributed by atoms with Gasteiger partial charge in [0.2, 0.25) is 0 Å². The number of unbranched alkanes of at least 4 members (excludes halogenated alkanes) is 9. The second kappa shape index (κ2) is 19.0. The molecule has 0 saturated heterocycles. The lowest BCUT2D eigenvalue weighted by atomic mass is 10.0. The lowest BCUT2D eigenvalue weighted by Gasteiger charge is -2.19. The molecule has 1 amide bonds. The number of alkyl carbamates (subject to hydrolysis) is 1. The van der Waals surface area contributed by atoms with E-state index in [0.717, 1.165) is 12.8 Å². The number of carbonyl (C=O) groups excluding carboxylic acids is 2. The van der Waals surface area contributed by atoms with Crippen molar-refractivity contribution in [3.8, 4) is 0 Å². The maximum absolute atomic E-state index is 12.3. The molecule has 0 fully saturated rings. The van der Waals surface area contributed by atoms with Crippen molar-refractivity contribution in [2.45, 2.75) is 97.4 Å². The van der Waals surface area contributed by atoms with Gasteiger partial charge in [0.05, 0.1) is 13.2 Å². The fraction of sp³-hybridized carbons (Fsp3) is 0.909. The molecule has 6 heteroatoms. The van der Waals surface area contributed by atoms with Crippen LogP contribution in [0.25, 0.3) is 0 Å². The molecule has 0 aromatic rings. The number of rotatable bonds is 18. The summed E-state index contributed by atoms with van der Waals surface area (Å²) in [5, 5.41) is 2.61. The Bertz CT molecular complexity index is 387. The first-order chi connectivity index (χ1) is 13.5. The molecule has 0 aliphatic heterocycles. The monoisotopic (exact) mass is 401 g/mol. The van der Waals surface area contributed by atoms with E-state index in [2.05, 4.69) is 12.2 Å². The van der Waals surface area contributed by atoms with Crippen molar-refractivity contribution in [2.75, 3.05) is 26.9 Å². The third-order valence-corrected chi connectivity index (χ3v) is 4.55. The highest BCUT2D eigenvalue weighted by Crippen LogP contribution is 2.11. The molecule has 1 atom stereocenters. The summed E-state index contributed by atoms with van der Waals surface area (Å²) in [6, 6.07) is -0.668. The number of methoxy groups -OCH3 is 1. The Morgan fingerprint density at radius 2 is 1.36 bits per heavy atom. The molecular formula is C22H43NO5. The van der Waals surface area contributed by atoms with Gasteiger partial charge in [-0.25, -0.2) is 9.59 Å². The Balaban J connectivity index is 3.88. The second-order valence-corrected chi connectivity index (χ2v) is 7.80. The predicted octanol–water partition coefficient (Wildman–Crippen LogP) is 5.24. The van der Waals surface area contributed by atoms with Crippen molar-refractivity contribution < 1.29 is 23.8 Å². The van der Waals surface area contributed by atoms with Crippen molar-refractivity contribution in [1.29, 1.82) is 0 Å². The summed E-state index contributed by atoms with van der Waals surface area (Å²) < 4.78 is 15.2. The maximum atomic E-state index is 12.3. The molecule has 0 aliphatic carbocycles. The van der Waals surface area contributed by atoms with Crippen LogP contribution in [0.5, 0.6) is 0 Å². The van der Waals surface area contributed by atoms with Gasteiger partial charge in [0.25, 0.3) is 0 Å². The van der Waals surface area contributed by atoms with Gasteiger partial charge in [-0.05, 0) is 18.8 Å². The van der Waals surface area contributed by atoms with E-state index in [1.807, 2.05) is 13.8 Å². The van der Waals surface area contributed by atoms with Crippen molar-refractivity contribution in [1.82, 2.24) is 5.32 Å². The molecule has 0 heterocycles. The van der Waals surface area contributed by atoms with Gasteiger partial charge in [0.1, 0.15) is 12.6 Å². The molecule has 0 spiro atoms. The smallest absolute Gasteiger partial charge is 0.407 e. The summed E-state index contributed by atoms with van der Waals surface area (Å²) in [7, 11) is 1.54. The highest BCUT2D eigenvalue weighted by molar-refractivity contribution is 5.81. The molecule has 0 rings (SSSR count). The van der Waals surface area contributed by atoms with E-state index in [-0.39, 0.29) is 18.5 Å². The Kier molecular flexibility index (Phi) is 18.2. The SMILES string of the molecule is CCCCCCCCCCCCOC(=O)C(CC(C)C)NC(=O)OCCOC. The molecule has 0 radical (unpaired) electrons. The average molecular weight is 402 g/mol. The van der Waals surface area contributed by atoms with Gasteiger partial charge in [-0.2, -0.15) is 0 Å². The van der Waals surface area contributed by atoms with Crippen LogP contribution in [-0.4, -0.2) is 45.0 Å². The minimum atomic E-state index is -0.668. The van der Waals surface area contributed by atoms with Crippen LogP contribution < -0.4 is 5.32 Å². The van der Waals surface area contributed by atoms with Gasteiger partial charge in [-0.3, -0.25) is 0 Å². The first-order valence-corrected chi connectivity index (χ1v) is 11.1. The van der Waals surface area contributed by atoms with E-state index in [9.17, 15) is 9.59 Å². The van der Waals surface area contributed by atoms with Gasteiger partial charge >= 0.3 is 12.1 Å². The lowest BCUT2D eigenvalue weighted by molar-refractivity contribution is -0.146. The van der Waals surface area contributed by atoms with E-state index in [1.165, 1.54) is 58.5 Å². The Morgan fingerprint density at radius 1 is 0.786 bits per heavy atom. The fourth-order valence-electron chi connectivity index (χ4n) is 2.95. The quantitative estimate of drug-likeness (QED) is 0.251. The molecule has 0 aliphatic rings. The van der Waals surface area contributed by atoms with Crippen LogP contribution in [-0.2, 0) is 19.0 Å². The van der Waals surface area contributed by atoms with E-state index in [0.29, 0.717) is 19.6 Å². The summed E-state index contributed by atoms with van der Waals surface area (Å²) in [6.07, 6.45) is 12.3. The van der Waals surface area contributed by atoms with Gasteiger partial charge in [-0.15, -0.1) is 0 Å². The number of nitrogens with one attached hydrogen (secondary N) is 1. The fourth-order valence-corrected chi connectivity index (χ4v) is 2.95. The zero-order valence-electron chi connectivity index (χ0n) is 18.6. The highest BCUT2D eigenvalue weighted by atomic mass is 16.6. The third-order valence-electron chi connectivity index (χ3n) is 4.55. The topological polar surface area (TPSA) is 73.9 Å². The molecule has 28 heavy (non-hydrogen) atoms. The molecule has 166 valence electrons. The van der Waals surface area contributed by atoms with Crippen LogP contribution in [0.15, 0.2) is 0 Å². The molecule has 0 aromatic heterocycles. The van der Waals surface area contributed by atoms with E-state index >= 15 is 0 Å². The zero-order chi connectivity index (χ0) is 21.0. The number of hydrogen-bond donors (Lipinski definition) is 1. The standard InChI is InChI=1S/C22H43NO5/c1-5-6-7-8-9-10-11-12-13-14-15-27-21(24)20(18-19(2)3)23-22(25)28-17-16-26-4/h19-20H,5-18H2,1-4H3,(H,23,25). The summed E-state index contributed by atoms with van der Waals surface area (Å²) in [5.41, 5.74) is 0.